The van der Waals surface area contributed by atoms with E-state index in [0.717, 1.165) is 24.1 Å². The Morgan fingerprint density at radius 3 is 2.48 bits per heavy atom. The van der Waals surface area contributed by atoms with Gasteiger partial charge in [0.25, 0.3) is 0 Å². The summed E-state index contributed by atoms with van der Waals surface area (Å²) in [7, 11) is 2.23. The molecule has 3 heteroatoms. The lowest BCUT2D eigenvalue weighted by Gasteiger charge is -2.34. The van der Waals surface area contributed by atoms with Gasteiger partial charge in [-0.25, -0.2) is 4.79 Å². The third-order valence-corrected chi connectivity index (χ3v) is 3.67. The van der Waals surface area contributed by atoms with Crippen molar-refractivity contribution < 1.29 is 14.0 Å². The molecule has 1 aromatic rings. The van der Waals surface area contributed by atoms with Gasteiger partial charge in [0.15, 0.2) is 0 Å². The van der Waals surface area contributed by atoms with Gasteiger partial charge in [-0.15, -0.1) is 0 Å². The Hall–Kier alpha value is -1.61. The molecule has 3 nitrogen and oxygen atoms in total. The van der Waals surface area contributed by atoms with Gasteiger partial charge in [0.2, 0.25) is 0 Å². The number of ether oxygens (including phenoxy) is 1. The second kappa shape index (κ2) is 8.63. The van der Waals surface area contributed by atoms with Crippen LogP contribution < -0.4 is 0 Å². The lowest BCUT2D eigenvalue weighted by Crippen LogP contribution is -2.46. The monoisotopic (exact) mass is 290 g/mol. The summed E-state index contributed by atoms with van der Waals surface area (Å²) in [5.41, 5.74) is 1.78. The van der Waals surface area contributed by atoms with Crippen molar-refractivity contribution >= 4 is 5.97 Å². The van der Waals surface area contributed by atoms with Gasteiger partial charge in [-0.2, -0.15) is 0 Å². The van der Waals surface area contributed by atoms with Gasteiger partial charge in [0, 0.05) is 11.1 Å². The maximum absolute atomic E-state index is 11.5. The first kappa shape index (κ1) is 17.4. The zero-order valence-electron chi connectivity index (χ0n) is 13.6. The number of benzene rings is 1. The van der Waals surface area contributed by atoms with Gasteiger partial charge in [0.1, 0.15) is 19.7 Å². The molecule has 0 aromatic heterocycles. The van der Waals surface area contributed by atoms with Crippen molar-refractivity contribution in [3.8, 4) is 0 Å². The largest absolute Gasteiger partial charge is 0.456 e. The van der Waals surface area contributed by atoms with Gasteiger partial charge in [-0.1, -0.05) is 50.3 Å². The molecule has 1 atom stereocenters. The Balaban J connectivity index is 2.60. The zero-order chi connectivity index (χ0) is 15.7. The zero-order valence-corrected chi connectivity index (χ0v) is 13.6. The van der Waals surface area contributed by atoms with Crippen molar-refractivity contribution in [2.24, 2.45) is 0 Å². The molecule has 0 N–H and O–H groups in total. The molecule has 116 valence electrons. The quantitative estimate of drug-likeness (QED) is 0.395. The summed E-state index contributed by atoms with van der Waals surface area (Å²) >= 11 is 0. The fourth-order valence-electron chi connectivity index (χ4n) is 2.32. The van der Waals surface area contributed by atoms with Crippen LogP contribution in [0.1, 0.15) is 32.3 Å². The molecule has 1 rings (SSSR count). The van der Waals surface area contributed by atoms with Crippen LogP contribution in [-0.4, -0.2) is 37.2 Å². The topological polar surface area (TPSA) is 26.3 Å². The highest BCUT2D eigenvalue weighted by Gasteiger charge is 2.22. The summed E-state index contributed by atoms with van der Waals surface area (Å²) in [6.45, 7) is 10.8. The first-order chi connectivity index (χ1) is 9.97. The minimum atomic E-state index is -0.295. The highest BCUT2D eigenvalue weighted by molar-refractivity contribution is 5.86. The molecule has 0 amide bonds. The van der Waals surface area contributed by atoms with E-state index in [0.29, 0.717) is 12.2 Å². The maximum atomic E-state index is 11.5. The molecule has 0 saturated carbocycles. The molecule has 0 saturated heterocycles. The van der Waals surface area contributed by atoms with E-state index in [9.17, 15) is 4.79 Å². The van der Waals surface area contributed by atoms with Crippen molar-refractivity contribution in [2.75, 3.05) is 26.7 Å². The van der Waals surface area contributed by atoms with E-state index < -0.39 is 0 Å². The smallest absolute Gasteiger partial charge is 0.333 e. The predicted molar refractivity (Wildman–Crippen MR) is 86.7 cm³/mol. The molecular weight excluding hydrogens is 262 g/mol. The molecule has 0 aliphatic rings. The molecule has 0 bridgehead atoms. The fourth-order valence-corrected chi connectivity index (χ4v) is 2.32. The third kappa shape index (κ3) is 6.58. The Morgan fingerprint density at radius 1 is 1.24 bits per heavy atom. The molecule has 1 unspecified atom stereocenters. The van der Waals surface area contributed by atoms with Crippen LogP contribution in [-0.2, 0) is 16.1 Å². The summed E-state index contributed by atoms with van der Waals surface area (Å²) in [4.78, 5) is 11.5. The van der Waals surface area contributed by atoms with Crippen LogP contribution in [0.15, 0.2) is 42.5 Å². The average molecular weight is 290 g/mol. The molecule has 0 heterocycles. The van der Waals surface area contributed by atoms with Crippen LogP contribution in [0, 0.1) is 0 Å². The number of esters is 1. The van der Waals surface area contributed by atoms with E-state index in [1.54, 1.807) is 6.92 Å². The van der Waals surface area contributed by atoms with Crippen molar-refractivity contribution in [1.82, 2.24) is 0 Å². The van der Waals surface area contributed by atoms with Crippen LogP contribution >= 0.6 is 0 Å². The summed E-state index contributed by atoms with van der Waals surface area (Å²) in [6.07, 6.45) is 2.35. The number of unbranched alkanes of at least 4 members (excludes halogenated alkanes) is 1. The second-order valence-electron chi connectivity index (χ2n) is 5.98. The Bertz CT molecular complexity index is 456. The van der Waals surface area contributed by atoms with E-state index in [1.165, 1.54) is 18.4 Å². The average Bonchev–Trinajstić information content (AvgIpc) is 2.46. The normalized spacial score (nSPS) is 13.5. The molecule has 0 aliphatic heterocycles. The lowest BCUT2D eigenvalue weighted by atomic mass is 10.1. The molecule has 0 spiro atoms. The van der Waals surface area contributed by atoms with Crippen LogP contribution in [0.3, 0.4) is 0 Å². The minimum Gasteiger partial charge on any atom is -0.456 e. The first-order valence-electron chi connectivity index (χ1n) is 7.67. The van der Waals surface area contributed by atoms with Crippen molar-refractivity contribution in [1.29, 1.82) is 0 Å². The fraction of sp³-hybridized carbons (Fsp3) is 0.500. The van der Waals surface area contributed by atoms with Gasteiger partial charge in [0.05, 0.1) is 13.6 Å². The number of hydrogen-bond acceptors (Lipinski definition) is 2. The molecule has 21 heavy (non-hydrogen) atoms. The number of carbonyl (C=O) groups excluding carboxylic acids is 1. The number of hydrogen-bond donors (Lipinski definition) is 0. The standard InChI is InChI=1S/C18H28NO2/c1-5-6-12-19(4,13-14-21-18(20)16(2)3)15-17-10-8-7-9-11-17/h7-11H,2,5-6,12-15H2,1,3-4H3/q+1. The Kier molecular flexibility index (Phi) is 7.17. The van der Waals surface area contributed by atoms with Crippen LogP contribution in [0.4, 0.5) is 0 Å². The van der Waals surface area contributed by atoms with Crippen molar-refractivity contribution in [3.05, 3.63) is 48.0 Å². The number of nitrogens with zero attached hydrogens (tertiary/aromatic N) is 1. The molecule has 1 aromatic carbocycles. The third-order valence-electron chi connectivity index (χ3n) is 3.67. The SMILES string of the molecule is C=C(C)C(=O)OCC[N+](C)(CCCC)Cc1ccccc1. The van der Waals surface area contributed by atoms with Crippen LogP contribution in [0.2, 0.25) is 0 Å². The first-order valence-corrected chi connectivity index (χ1v) is 7.67. The van der Waals surface area contributed by atoms with E-state index in [4.69, 9.17) is 4.74 Å². The highest BCUT2D eigenvalue weighted by atomic mass is 16.5. The van der Waals surface area contributed by atoms with Crippen LogP contribution in [0.5, 0.6) is 0 Å². The van der Waals surface area contributed by atoms with Gasteiger partial charge in [-0.3, -0.25) is 0 Å². The molecule has 0 aliphatic carbocycles. The summed E-state index contributed by atoms with van der Waals surface area (Å²) in [5, 5.41) is 0. The number of likely N-dealkylation sites (N-methyl/N-ethyl adjacent to an activating group) is 1. The summed E-state index contributed by atoms with van der Waals surface area (Å²) < 4.78 is 6.15. The summed E-state index contributed by atoms with van der Waals surface area (Å²) in [6, 6.07) is 10.5. The second-order valence-corrected chi connectivity index (χ2v) is 5.98. The summed E-state index contributed by atoms with van der Waals surface area (Å²) in [5.74, 6) is -0.295. The maximum Gasteiger partial charge on any atom is 0.333 e. The minimum absolute atomic E-state index is 0.295. The van der Waals surface area contributed by atoms with E-state index in [-0.39, 0.29) is 5.97 Å². The predicted octanol–water partition coefficient (Wildman–Crippen LogP) is 3.55. The number of quaternary nitrogens is 1. The van der Waals surface area contributed by atoms with Gasteiger partial charge < -0.3 is 9.22 Å². The molecule has 0 fully saturated rings. The molecular formula is C18H28NO2+. The Labute approximate surface area is 128 Å². The van der Waals surface area contributed by atoms with Crippen molar-refractivity contribution in [2.45, 2.75) is 33.2 Å². The Morgan fingerprint density at radius 2 is 1.90 bits per heavy atom. The number of carbonyl (C=O) groups is 1. The van der Waals surface area contributed by atoms with Gasteiger partial charge in [-0.05, 0) is 13.3 Å². The lowest BCUT2D eigenvalue weighted by molar-refractivity contribution is -0.922. The van der Waals surface area contributed by atoms with E-state index in [1.807, 2.05) is 6.07 Å². The van der Waals surface area contributed by atoms with E-state index >= 15 is 0 Å². The van der Waals surface area contributed by atoms with Gasteiger partial charge >= 0.3 is 5.97 Å². The highest BCUT2D eigenvalue weighted by Crippen LogP contribution is 2.13. The van der Waals surface area contributed by atoms with Crippen LogP contribution in [0.25, 0.3) is 0 Å². The van der Waals surface area contributed by atoms with E-state index in [2.05, 4.69) is 44.8 Å². The molecule has 0 radical (unpaired) electrons. The number of rotatable bonds is 9. The van der Waals surface area contributed by atoms with Crippen molar-refractivity contribution in [3.63, 3.8) is 0 Å².